The van der Waals surface area contributed by atoms with E-state index in [-0.39, 0.29) is 11.8 Å². The highest BCUT2D eigenvalue weighted by molar-refractivity contribution is 5.92. The largest absolute Gasteiger partial charge is 0.457 e. The van der Waals surface area contributed by atoms with Crippen LogP contribution in [-0.2, 0) is 4.79 Å². The monoisotopic (exact) mass is 281 g/mol. The molecule has 1 saturated carbocycles. The standard InChI is InChI=1S/C18H19NO2/c20-18(14-7-4-5-8-14)19-15-9-6-12-17(13-15)21-16-10-2-1-3-11-16/h1-3,6,9-14H,4-5,7-8H2,(H,19,20). The first-order valence-corrected chi connectivity index (χ1v) is 7.45. The molecule has 0 aromatic heterocycles. The molecule has 108 valence electrons. The summed E-state index contributed by atoms with van der Waals surface area (Å²) in [4.78, 5) is 12.1. The molecule has 0 saturated heterocycles. The molecule has 21 heavy (non-hydrogen) atoms. The summed E-state index contributed by atoms with van der Waals surface area (Å²) in [6.45, 7) is 0. The van der Waals surface area contributed by atoms with Crippen molar-refractivity contribution < 1.29 is 9.53 Å². The van der Waals surface area contributed by atoms with E-state index in [0.29, 0.717) is 0 Å². The summed E-state index contributed by atoms with van der Waals surface area (Å²) >= 11 is 0. The Morgan fingerprint density at radius 1 is 0.952 bits per heavy atom. The van der Waals surface area contributed by atoms with Gasteiger partial charge in [0.1, 0.15) is 11.5 Å². The van der Waals surface area contributed by atoms with Crippen LogP contribution in [0.5, 0.6) is 11.5 Å². The molecule has 2 aromatic rings. The van der Waals surface area contributed by atoms with Crippen molar-refractivity contribution in [3.8, 4) is 11.5 Å². The number of hydrogen-bond donors (Lipinski definition) is 1. The Hall–Kier alpha value is -2.29. The van der Waals surface area contributed by atoms with Gasteiger partial charge in [0.15, 0.2) is 0 Å². The summed E-state index contributed by atoms with van der Waals surface area (Å²) in [6.07, 6.45) is 4.34. The number of hydrogen-bond acceptors (Lipinski definition) is 2. The van der Waals surface area contributed by atoms with E-state index in [2.05, 4.69) is 5.32 Å². The molecule has 1 aliphatic rings. The van der Waals surface area contributed by atoms with Crippen molar-refractivity contribution in [1.82, 2.24) is 0 Å². The van der Waals surface area contributed by atoms with Gasteiger partial charge >= 0.3 is 0 Å². The van der Waals surface area contributed by atoms with Gasteiger partial charge in [0.2, 0.25) is 5.91 Å². The van der Waals surface area contributed by atoms with Gasteiger partial charge in [-0.05, 0) is 37.1 Å². The molecule has 3 rings (SSSR count). The maximum absolute atomic E-state index is 12.1. The molecular formula is C18H19NO2. The zero-order valence-corrected chi connectivity index (χ0v) is 11.9. The minimum atomic E-state index is 0.129. The number of ether oxygens (including phenoxy) is 1. The number of carbonyl (C=O) groups is 1. The van der Waals surface area contributed by atoms with E-state index in [1.807, 2.05) is 54.6 Å². The van der Waals surface area contributed by atoms with E-state index in [9.17, 15) is 4.79 Å². The van der Waals surface area contributed by atoms with Crippen LogP contribution < -0.4 is 10.1 Å². The van der Waals surface area contributed by atoms with E-state index in [4.69, 9.17) is 4.74 Å². The van der Waals surface area contributed by atoms with E-state index >= 15 is 0 Å². The first-order chi connectivity index (χ1) is 10.3. The van der Waals surface area contributed by atoms with Gasteiger partial charge in [-0.2, -0.15) is 0 Å². The van der Waals surface area contributed by atoms with Crippen LogP contribution in [0.25, 0.3) is 0 Å². The fourth-order valence-electron chi connectivity index (χ4n) is 2.69. The molecule has 0 unspecified atom stereocenters. The van der Waals surface area contributed by atoms with Gasteiger partial charge in [0.25, 0.3) is 0 Å². The molecule has 1 aliphatic carbocycles. The summed E-state index contributed by atoms with van der Waals surface area (Å²) < 4.78 is 5.77. The Balaban J connectivity index is 1.66. The van der Waals surface area contributed by atoms with E-state index in [1.165, 1.54) is 0 Å². The number of anilines is 1. The van der Waals surface area contributed by atoms with Gasteiger partial charge in [-0.3, -0.25) is 4.79 Å². The van der Waals surface area contributed by atoms with Crippen molar-refractivity contribution in [2.24, 2.45) is 5.92 Å². The van der Waals surface area contributed by atoms with Crippen molar-refractivity contribution >= 4 is 11.6 Å². The van der Waals surface area contributed by atoms with Gasteiger partial charge in [-0.25, -0.2) is 0 Å². The maximum atomic E-state index is 12.1. The molecule has 0 bridgehead atoms. The van der Waals surface area contributed by atoms with Crippen molar-refractivity contribution in [2.45, 2.75) is 25.7 Å². The van der Waals surface area contributed by atoms with Crippen molar-refractivity contribution in [3.63, 3.8) is 0 Å². The highest BCUT2D eigenvalue weighted by Gasteiger charge is 2.22. The molecular weight excluding hydrogens is 262 g/mol. The summed E-state index contributed by atoms with van der Waals surface area (Å²) in [7, 11) is 0. The third kappa shape index (κ3) is 3.63. The van der Waals surface area contributed by atoms with Crippen molar-refractivity contribution in [1.29, 1.82) is 0 Å². The second-order valence-corrected chi connectivity index (χ2v) is 5.41. The minimum absolute atomic E-state index is 0.129. The van der Waals surface area contributed by atoms with E-state index < -0.39 is 0 Å². The second kappa shape index (κ2) is 6.44. The Labute approximate surface area is 124 Å². The van der Waals surface area contributed by atoms with Crippen LogP contribution in [-0.4, -0.2) is 5.91 Å². The predicted molar refractivity (Wildman–Crippen MR) is 83.5 cm³/mol. The average molecular weight is 281 g/mol. The number of nitrogens with one attached hydrogen (secondary N) is 1. The van der Waals surface area contributed by atoms with Gasteiger partial charge in [0.05, 0.1) is 0 Å². The fraction of sp³-hybridized carbons (Fsp3) is 0.278. The van der Waals surface area contributed by atoms with Crippen LogP contribution >= 0.6 is 0 Å². The first-order valence-electron chi connectivity index (χ1n) is 7.45. The summed E-state index contributed by atoms with van der Waals surface area (Å²) in [6, 6.07) is 17.2. The third-order valence-electron chi connectivity index (χ3n) is 3.81. The highest BCUT2D eigenvalue weighted by atomic mass is 16.5. The molecule has 0 atom stereocenters. The van der Waals surface area contributed by atoms with Crippen LogP contribution in [0, 0.1) is 5.92 Å². The van der Waals surface area contributed by atoms with Crippen LogP contribution in [0.15, 0.2) is 54.6 Å². The Kier molecular flexibility index (Phi) is 4.20. The predicted octanol–water partition coefficient (Wildman–Crippen LogP) is 4.61. The Morgan fingerprint density at radius 2 is 1.67 bits per heavy atom. The van der Waals surface area contributed by atoms with E-state index in [1.54, 1.807) is 0 Å². The molecule has 2 aromatic carbocycles. The molecule has 1 fully saturated rings. The highest BCUT2D eigenvalue weighted by Crippen LogP contribution is 2.27. The lowest BCUT2D eigenvalue weighted by molar-refractivity contribution is -0.119. The topological polar surface area (TPSA) is 38.3 Å². The SMILES string of the molecule is O=C(Nc1cccc(Oc2ccccc2)c1)C1CCCC1. The van der Waals surface area contributed by atoms with Gasteiger partial charge in [-0.15, -0.1) is 0 Å². The zero-order chi connectivity index (χ0) is 14.5. The first kappa shape index (κ1) is 13.7. The quantitative estimate of drug-likeness (QED) is 0.889. The summed E-state index contributed by atoms with van der Waals surface area (Å²) in [5, 5.41) is 2.99. The lowest BCUT2D eigenvalue weighted by Crippen LogP contribution is -2.20. The van der Waals surface area contributed by atoms with Gasteiger partial charge in [-0.1, -0.05) is 37.1 Å². The lowest BCUT2D eigenvalue weighted by atomic mass is 10.1. The molecule has 0 heterocycles. The molecule has 0 aliphatic heterocycles. The smallest absolute Gasteiger partial charge is 0.227 e. The van der Waals surface area contributed by atoms with E-state index in [0.717, 1.165) is 42.9 Å². The van der Waals surface area contributed by atoms with Crippen molar-refractivity contribution in [3.05, 3.63) is 54.6 Å². The molecule has 1 amide bonds. The Bertz CT molecular complexity index is 604. The Morgan fingerprint density at radius 3 is 2.43 bits per heavy atom. The number of para-hydroxylation sites is 1. The summed E-state index contributed by atoms with van der Waals surface area (Å²) in [5.74, 6) is 1.82. The minimum Gasteiger partial charge on any atom is -0.457 e. The number of carbonyl (C=O) groups excluding carboxylic acids is 1. The molecule has 0 radical (unpaired) electrons. The van der Waals surface area contributed by atoms with Crippen LogP contribution in [0.4, 0.5) is 5.69 Å². The fourth-order valence-corrected chi connectivity index (χ4v) is 2.69. The third-order valence-corrected chi connectivity index (χ3v) is 3.81. The average Bonchev–Trinajstić information content (AvgIpc) is 3.03. The van der Waals surface area contributed by atoms with Crippen LogP contribution in [0.1, 0.15) is 25.7 Å². The normalized spacial score (nSPS) is 14.9. The van der Waals surface area contributed by atoms with Crippen LogP contribution in [0.2, 0.25) is 0 Å². The molecule has 1 N–H and O–H groups in total. The molecule has 3 nitrogen and oxygen atoms in total. The lowest BCUT2D eigenvalue weighted by Gasteiger charge is -2.12. The van der Waals surface area contributed by atoms with Gasteiger partial charge in [0, 0.05) is 17.7 Å². The summed E-state index contributed by atoms with van der Waals surface area (Å²) in [5.41, 5.74) is 0.792. The van der Waals surface area contributed by atoms with Crippen molar-refractivity contribution in [2.75, 3.05) is 5.32 Å². The molecule has 0 spiro atoms. The molecule has 3 heteroatoms. The number of amides is 1. The number of benzene rings is 2. The number of rotatable bonds is 4. The maximum Gasteiger partial charge on any atom is 0.227 e. The van der Waals surface area contributed by atoms with Gasteiger partial charge < -0.3 is 10.1 Å². The zero-order valence-electron chi connectivity index (χ0n) is 11.9. The van der Waals surface area contributed by atoms with Crippen LogP contribution in [0.3, 0.4) is 0 Å². The second-order valence-electron chi connectivity index (χ2n) is 5.41.